The molecular weight excluding hydrogens is 250 g/mol. The number of aryl methyl sites for hydroxylation is 1. The van der Waals surface area contributed by atoms with E-state index in [-0.39, 0.29) is 17.5 Å². The fraction of sp³-hybridized carbons (Fsp3) is 0.750. The Bertz CT molecular complexity index is 548. The molecule has 1 saturated heterocycles. The summed E-state index contributed by atoms with van der Waals surface area (Å²) in [5.74, 6) is 1.30. The predicted molar refractivity (Wildman–Crippen MR) is 70.2 cm³/mol. The second-order valence-corrected chi connectivity index (χ2v) is 7.65. The number of hydrogen-bond donors (Lipinski definition) is 1. The second kappa shape index (κ2) is 4.26. The summed E-state index contributed by atoms with van der Waals surface area (Å²) in [6.07, 6.45) is 5.69. The monoisotopic (exact) mass is 269 g/mol. The number of rotatable bonds is 1. The van der Waals surface area contributed by atoms with E-state index in [0.717, 1.165) is 24.4 Å². The zero-order valence-corrected chi connectivity index (χ0v) is 11.2. The summed E-state index contributed by atoms with van der Waals surface area (Å²) in [4.78, 5) is 0. The molecule has 18 heavy (non-hydrogen) atoms. The molecule has 1 aromatic heterocycles. The van der Waals surface area contributed by atoms with Crippen LogP contribution in [-0.4, -0.2) is 29.7 Å². The van der Waals surface area contributed by atoms with Gasteiger partial charge in [-0.3, -0.25) is 0 Å². The molecular formula is C12H19N3O2S. The third-order valence-electron chi connectivity index (χ3n) is 4.09. The molecule has 0 bridgehead atoms. The van der Waals surface area contributed by atoms with E-state index < -0.39 is 9.84 Å². The van der Waals surface area contributed by atoms with Crippen molar-refractivity contribution in [3.63, 3.8) is 0 Å². The molecule has 3 rings (SSSR count). The molecule has 0 spiro atoms. The molecule has 0 radical (unpaired) electrons. The van der Waals surface area contributed by atoms with Crippen molar-refractivity contribution in [1.82, 2.24) is 9.78 Å². The van der Waals surface area contributed by atoms with Gasteiger partial charge < -0.3 is 5.73 Å². The zero-order valence-electron chi connectivity index (χ0n) is 10.4. The van der Waals surface area contributed by atoms with E-state index in [0.29, 0.717) is 12.8 Å². The van der Waals surface area contributed by atoms with Gasteiger partial charge in [-0.05, 0) is 38.5 Å². The highest BCUT2D eigenvalue weighted by atomic mass is 32.2. The first-order valence-corrected chi connectivity index (χ1v) is 8.45. The van der Waals surface area contributed by atoms with Crippen LogP contribution in [0.2, 0.25) is 0 Å². The molecule has 6 heteroatoms. The Hall–Kier alpha value is -1.04. The van der Waals surface area contributed by atoms with Crippen LogP contribution in [0.15, 0.2) is 0 Å². The SMILES string of the molecule is Nc1c2c(nn1C1CCS(=O)(=O)CC1)CCCC2. The number of nitrogens with two attached hydrogens (primary N) is 1. The molecule has 2 aliphatic rings. The molecule has 0 atom stereocenters. The van der Waals surface area contributed by atoms with Crippen LogP contribution in [0.1, 0.15) is 43.0 Å². The van der Waals surface area contributed by atoms with Gasteiger partial charge in [0.25, 0.3) is 0 Å². The lowest BCUT2D eigenvalue weighted by molar-refractivity contribution is 0.416. The molecule has 1 aromatic rings. The average Bonchev–Trinajstić information content (AvgIpc) is 2.68. The maximum Gasteiger partial charge on any atom is 0.150 e. The lowest BCUT2D eigenvalue weighted by atomic mass is 9.98. The number of nitrogen functional groups attached to an aromatic ring is 1. The number of hydrogen-bond acceptors (Lipinski definition) is 4. The highest BCUT2D eigenvalue weighted by molar-refractivity contribution is 7.91. The Labute approximate surface area is 107 Å². The Morgan fingerprint density at radius 1 is 1.17 bits per heavy atom. The highest BCUT2D eigenvalue weighted by Gasteiger charge is 2.28. The molecule has 1 aliphatic heterocycles. The van der Waals surface area contributed by atoms with Gasteiger partial charge in [0.1, 0.15) is 15.7 Å². The van der Waals surface area contributed by atoms with Crippen molar-refractivity contribution in [2.45, 2.75) is 44.6 Å². The van der Waals surface area contributed by atoms with Crippen molar-refractivity contribution in [3.05, 3.63) is 11.3 Å². The van der Waals surface area contributed by atoms with E-state index in [1.165, 1.54) is 18.4 Å². The summed E-state index contributed by atoms with van der Waals surface area (Å²) in [6.45, 7) is 0. The lowest BCUT2D eigenvalue weighted by Gasteiger charge is -2.23. The van der Waals surface area contributed by atoms with Crippen LogP contribution in [0.3, 0.4) is 0 Å². The quantitative estimate of drug-likeness (QED) is 0.828. The van der Waals surface area contributed by atoms with Gasteiger partial charge in [-0.2, -0.15) is 5.10 Å². The van der Waals surface area contributed by atoms with Gasteiger partial charge in [0.15, 0.2) is 0 Å². The summed E-state index contributed by atoms with van der Waals surface area (Å²) < 4.78 is 24.8. The topological polar surface area (TPSA) is 78.0 Å². The molecule has 2 heterocycles. The first kappa shape index (κ1) is 12.0. The highest BCUT2D eigenvalue weighted by Crippen LogP contribution is 2.31. The molecule has 100 valence electrons. The van der Waals surface area contributed by atoms with Gasteiger partial charge >= 0.3 is 0 Å². The van der Waals surface area contributed by atoms with Crippen LogP contribution >= 0.6 is 0 Å². The molecule has 2 N–H and O–H groups in total. The first-order chi connectivity index (χ1) is 8.57. The summed E-state index contributed by atoms with van der Waals surface area (Å²) in [7, 11) is -2.82. The molecule has 1 fully saturated rings. The largest absolute Gasteiger partial charge is 0.384 e. The van der Waals surface area contributed by atoms with Crippen LogP contribution < -0.4 is 5.73 Å². The lowest BCUT2D eigenvalue weighted by Crippen LogP contribution is -2.26. The van der Waals surface area contributed by atoms with E-state index in [2.05, 4.69) is 5.10 Å². The first-order valence-electron chi connectivity index (χ1n) is 6.63. The molecule has 0 amide bonds. The fourth-order valence-corrected chi connectivity index (χ4v) is 4.46. The summed E-state index contributed by atoms with van der Waals surface area (Å²) in [5, 5.41) is 4.62. The summed E-state index contributed by atoms with van der Waals surface area (Å²) in [6, 6.07) is 0.166. The number of sulfone groups is 1. The van der Waals surface area contributed by atoms with Gasteiger partial charge in [-0.25, -0.2) is 13.1 Å². The number of fused-ring (bicyclic) bond motifs is 1. The summed E-state index contributed by atoms with van der Waals surface area (Å²) in [5.41, 5.74) is 8.51. The minimum Gasteiger partial charge on any atom is -0.384 e. The van der Waals surface area contributed by atoms with Gasteiger partial charge in [-0.15, -0.1) is 0 Å². The molecule has 0 aromatic carbocycles. The van der Waals surface area contributed by atoms with Crippen LogP contribution in [0.5, 0.6) is 0 Å². The fourth-order valence-electron chi connectivity index (χ4n) is 3.00. The normalized spacial score (nSPS) is 23.8. The van der Waals surface area contributed by atoms with Crippen molar-refractivity contribution < 1.29 is 8.42 Å². The zero-order chi connectivity index (χ0) is 12.8. The molecule has 0 saturated carbocycles. The average molecular weight is 269 g/mol. The molecule has 5 nitrogen and oxygen atoms in total. The maximum atomic E-state index is 11.4. The molecule has 0 unspecified atom stereocenters. The number of anilines is 1. The van der Waals surface area contributed by atoms with Crippen molar-refractivity contribution >= 4 is 15.7 Å². The Kier molecular flexibility index (Phi) is 2.84. The second-order valence-electron chi connectivity index (χ2n) is 5.35. The predicted octanol–water partition coefficient (Wildman–Crippen LogP) is 1.09. The van der Waals surface area contributed by atoms with Crippen LogP contribution in [0, 0.1) is 0 Å². The Morgan fingerprint density at radius 3 is 2.50 bits per heavy atom. The third-order valence-corrected chi connectivity index (χ3v) is 5.81. The van der Waals surface area contributed by atoms with E-state index in [1.54, 1.807) is 0 Å². The van der Waals surface area contributed by atoms with Crippen molar-refractivity contribution in [2.24, 2.45) is 0 Å². The van der Waals surface area contributed by atoms with Crippen LogP contribution in [-0.2, 0) is 22.7 Å². The van der Waals surface area contributed by atoms with Gasteiger partial charge in [0.05, 0.1) is 23.2 Å². The smallest absolute Gasteiger partial charge is 0.150 e. The molecule has 1 aliphatic carbocycles. The minimum atomic E-state index is -2.82. The Morgan fingerprint density at radius 2 is 1.83 bits per heavy atom. The van der Waals surface area contributed by atoms with E-state index in [1.807, 2.05) is 4.68 Å². The van der Waals surface area contributed by atoms with Crippen LogP contribution in [0.25, 0.3) is 0 Å². The van der Waals surface area contributed by atoms with E-state index in [4.69, 9.17) is 5.73 Å². The number of aromatic nitrogens is 2. The van der Waals surface area contributed by atoms with E-state index in [9.17, 15) is 8.42 Å². The van der Waals surface area contributed by atoms with E-state index >= 15 is 0 Å². The standard InChI is InChI=1S/C12H19N3O2S/c13-12-10-3-1-2-4-11(10)14-15(12)9-5-7-18(16,17)8-6-9/h9H,1-8,13H2. The summed E-state index contributed by atoms with van der Waals surface area (Å²) >= 11 is 0. The third kappa shape index (κ3) is 2.02. The van der Waals surface area contributed by atoms with Gasteiger partial charge in [0.2, 0.25) is 0 Å². The van der Waals surface area contributed by atoms with Crippen LogP contribution in [0.4, 0.5) is 5.82 Å². The maximum absolute atomic E-state index is 11.4. The van der Waals surface area contributed by atoms with Crippen molar-refractivity contribution in [1.29, 1.82) is 0 Å². The van der Waals surface area contributed by atoms with Crippen molar-refractivity contribution in [2.75, 3.05) is 17.2 Å². The van der Waals surface area contributed by atoms with Crippen molar-refractivity contribution in [3.8, 4) is 0 Å². The number of nitrogens with zero attached hydrogens (tertiary/aromatic N) is 2. The van der Waals surface area contributed by atoms with Gasteiger partial charge in [0, 0.05) is 5.56 Å². The minimum absolute atomic E-state index is 0.166. The van der Waals surface area contributed by atoms with Gasteiger partial charge in [-0.1, -0.05) is 0 Å². The Balaban J connectivity index is 1.87.